The van der Waals surface area contributed by atoms with E-state index in [1.165, 1.54) is 5.57 Å². The first kappa shape index (κ1) is 15.7. The van der Waals surface area contributed by atoms with Gasteiger partial charge in [0.25, 0.3) is 5.91 Å². The second-order valence-corrected chi connectivity index (χ2v) is 6.63. The number of hydrogen-bond acceptors (Lipinski definition) is 4. The first-order valence-corrected chi connectivity index (χ1v) is 7.93. The molecule has 2 heterocycles. The lowest BCUT2D eigenvalue weighted by molar-refractivity contribution is 0.0409. The average Bonchev–Trinajstić information content (AvgIpc) is 3.15. The number of allylic oxidation sites excluding steroid dienone is 2. The highest BCUT2D eigenvalue weighted by Crippen LogP contribution is 2.27. The Hall–Kier alpha value is -2.21. The molecule has 1 aliphatic carbocycles. The van der Waals surface area contributed by atoms with E-state index in [4.69, 9.17) is 0 Å². The summed E-state index contributed by atoms with van der Waals surface area (Å²) < 4.78 is 0. The number of nitrogens with zero attached hydrogens (tertiary/aromatic N) is 2. The molecular weight excluding hydrogens is 292 g/mol. The van der Waals surface area contributed by atoms with Crippen LogP contribution in [0, 0.1) is 0 Å². The van der Waals surface area contributed by atoms with E-state index in [1.54, 1.807) is 33.2 Å². The molecule has 2 aromatic rings. The van der Waals surface area contributed by atoms with Crippen molar-refractivity contribution in [3.8, 4) is 0 Å². The Kier molecular flexibility index (Phi) is 3.93. The molecule has 0 spiro atoms. The maximum absolute atomic E-state index is 12.5. The number of aliphatic hydroxyl groups is 1. The van der Waals surface area contributed by atoms with Crippen LogP contribution in [-0.4, -0.2) is 37.6 Å². The van der Waals surface area contributed by atoms with Crippen LogP contribution in [0.5, 0.6) is 0 Å². The smallest absolute Gasteiger partial charge is 0.255 e. The highest BCUT2D eigenvalue weighted by Gasteiger charge is 2.25. The van der Waals surface area contributed by atoms with Gasteiger partial charge in [-0.2, -0.15) is 0 Å². The highest BCUT2D eigenvalue weighted by atomic mass is 16.3. The largest absolute Gasteiger partial charge is 0.388 e. The van der Waals surface area contributed by atoms with Crippen LogP contribution in [0.25, 0.3) is 16.7 Å². The van der Waals surface area contributed by atoms with Gasteiger partial charge in [0.15, 0.2) is 5.65 Å². The fourth-order valence-corrected chi connectivity index (χ4v) is 2.57. The summed E-state index contributed by atoms with van der Waals surface area (Å²) in [4.78, 5) is 24.5. The van der Waals surface area contributed by atoms with Crippen molar-refractivity contribution >= 4 is 22.6 Å². The quantitative estimate of drug-likeness (QED) is 0.808. The summed E-state index contributed by atoms with van der Waals surface area (Å²) in [6, 6.07) is -0.381. The van der Waals surface area contributed by atoms with Crippen LogP contribution in [0.3, 0.4) is 0 Å². The van der Waals surface area contributed by atoms with Crippen molar-refractivity contribution in [2.75, 3.05) is 0 Å². The van der Waals surface area contributed by atoms with E-state index in [-0.39, 0.29) is 11.9 Å². The number of aromatic nitrogens is 3. The zero-order valence-electron chi connectivity index (χ0n) is 13.7. The summed E-state index contributed by atoms with van der Waals surface area (Å²) >= 11 is 0. The molecule has 0 aromatic carbocycles. The lowest BCUT2D eigenvalue weighted by Crippen LogP contribution is -2.47. The van der Waals surface area contributed by atoms with Crippen LogP contribution in [0.15, 0.2) is 18.5 Å². The molecule has 3 N–H and O–H groups in total. The fourth-order valence-electron chi connectivity index (χ4n) is 2.57. The van der Waals surface area contributed by atoms with Crippen molar-refractivity contribution in [3.63, 3.8) is 0 Å². The molecule has 0 radical (unpaired) electrons. The van der Waals surface area contributed by atoms with E-state index < -0.39 is 5.60 Å². The Morgan fingerprint density at radius 3 is 2.91 bits per heavy atom. The number of carbonyl (C=O) groups is 1. The van der Waals surface area contributed by atoms with Crippen molar-refractivity contribution in [1.82, 2.24) is 20.3 Å². The Morgan fingerprint density at radius 1 is 1.48 bits per heavy atom. The van der Waals surface area contributed by atoms with Crippen LogP contribution in [0.2, 0.25) is 0 Å². The normalized spacial score (nSPS) is 16.4. The van der Waals surface area contributed by atoms with Crippen LogP contribution < -0.4 is 5.32 Å². The van der Waals surface area contributed by atoms with Crippen molar-refractivity contribution in [2.45, 2.75) is 51.7 Å². The maximum atomic E-state index is 12.5. The number of carbonyl (C=O) groups excluding carboxylic acids is 1. The summed E-state index contributed by atoms with van der Waals surface area (Å²) in [6.07, 6.45) is 8.75. The lowest BCUT2D eigenvalue weighted by Gasteiger charge is -2.26. The molecule has 0 saturated carbocycles. The average molecular weight is 314 g/mol. The van der Waals surface area contributed by atoms with E-state index >= 15 is 0 Å². The number of amides is 1. The molecule has 1 atom stereocenters. The van der Waals surface area contributed by atoms with Gasteiger partial charge in [0.05, 0.1) is 29.1 Å². The molecule has 6 nitrogen and oxygen atoms in total. The second kappa shape index (κ2) is 5.77. The zero-order valence-corrected chi connectivity index (χ0v) is 13.7. The predicted octanol–water partition coefficient (Wildman–Crippen LogP) is 2.41. The molecule has 0 saturated heterocycles. The first-order valence-electron chi connectivity index (χ1n) is 7.93. The number of fused-ring (bicyclic) bond motifs is 1. The molecule has 1 amide bonds. The van der Waals surface area contributed by atoms with Crippen molar-refractivity contribution in [3.05, 3.63) is 29.7 Å². The number of aromatic amines is 1. The summed E-state index contributed by atoms with van der Waals surface area (Å²) in [5, 5.41) is 12.8. The number of rotatable bonds is 4. The van der Waals surface area contributed by atoms with Crippen molar-refractivity contribution < 1.29 is 9.90 Å². The van der Waals surface area contributed by atoms with Crippen LogP contribution >= 0.6 is 0 Å². The molecular formula is C17H22N4O2. The summed E-state index contributed by atoms with van der Waals surface area (Å²) in [5.41, 5.74) is 2.64. The van der Waals surface area contributed by atoms with Crippen LogP contribution in [0.1, 0.15) is 56.1 Å². The Bertz CT molecular complexity index is 770. The summed E-state index contributed by atoms with van der Waals surface area (Å²) in [5.74, 6) is -0.266. The van der Waals surface area contributed by atoms with E-state index in [0.29, 0.717) is 16.7 Å². The van der Waals surface area contributed by atoms with E-state index in [9.17, 15) is 9.90 Å². The maximum Gasteiger partial charge on any atom is 0.255 e. The van der Waals surface area contributed by atoms with E-state index in [2.05, 4.69) is 26.3 Å². The molecule has 1 aliphatic rings. The Balaban J connectivity index is 1.91. The van der Waals surface area contributed by atoms with Gasteiger partial charge in [-0.3, -0.25) is 4.79 Å². The summed E-state index contributed by atoms with van der Waals surface area (Å²) in [6.45, 7) is 5.10. The fraction of sp³-hybridized carbons (Fsp3) is 0.471. The van der Waals surface area contributed by atoms with Gasteiger partial charge in [-0.15, -0.1) is 0 Å². The molecule has 1 unspecified atom stereocenters. The number of H-pyrrole nitrogens is 1. The third-order valence-corrected chi connectivity index (χ3v) is 4.40. The van der Waals surface area contributed by atoms with Gasteiger partial charge in [0.2, 0.25) is 0 Å². The standard InChI is InChI=1S/C17H22N4O2/c1-10(17(2,3)23)20-16(22)12-8-18-15-14(12)21-13(9-19-15)11-6-4-5-7-11/h6,8-10,23H,4-5,7H2,1-3H3,(H,18,19)(H,20,22). The minimum Gasteiger partial charge on any atom is -0.388 e. The molecule has 2 aromatic heterocycles. The molecule has 0 aliphatic heterocycles. The molecule has 0 bridgehead atoms. The second-order valence-electron chi connectivity index (χ2n) is 6.63. The minimum absolute atomic E-state index is 0.266. The number of hydrogen-bond donors (Lipinski definition) is 3. The van der Waals surface area contributed by atoms with Crippen LogP contribution in [0.4, 0.5) is 0 Å². The van der Waals surface area contributed by atoms with Crippen molar-refractivity contribution in [1.29, 1.82) is 0 Å². The third kappa shape index (κ3) is 3.12. The molecule has 23 heavy (non-hydrogen) atoms. The van der Waals surface area contributed by atoms with E-state index in [1.807, 2.05) is 0 Å². The van der Waals surface area contributed by atoms with E-state index in [0.717, 1.165) is 25.0 Å². The van der Waals surface area contributed by atoms with Crippen LogP contribution in [-0.2, 0) is 0 Å². The monoisotopic (exact) mass is 314 g/mol. The van der Waals surface area contributed by atoms with Gasteiger partial charge in [-0.25, -0.2) is 9.97 Å². The molecule has 0 fully saturated rings. The van der Waals surface area contributed by atoms with Crippen molar-refractivity contribution in [2.24, 2.45) is 0 Å². The highest BCUT2D eigenvalue weighted by molar-refractivity contribution is 6.04. The van der Waals surface area contributed by atoms with Gasteiger partial charge in [0, 0.05) is 6.20 Å². The zero-order chi connectivity index (χ0) is 16.6. The predicted molar refractivity (Wildman–Crippen MR) is 88.9 cm³/mol. The van der Waals surface area contributed by atoms with Gasteiger partial charge in [-0.05, 0) is 45.6 Å². The molecule has 6 heteroatoms. The summed E-state index contributed by atoms with van der Waals surface area (Å²) in [7, 11) is 0. The number of nitrogens with one attached hydrogen (secondary N) is 2. The first-order chi connectivity index (χ1) is 10.9. The molecule has 3 rings (SSSR count). The minimum atomic E-state index is -0.993. The Morgan fingerprint density at radius 2 is 2.26 bits per heavy atom. The molecule has 122 valence electrons. The topological polar surface area (TPSA) is 90.9 Å². The van der Waals surface area contributed by atoms with Gasteiger partial charge >= 0.3 is 0 Å². The SMILES string of the molecule is CC(NC(=O)c1c[nH]c2ncc(C3=CCCC3)nc12)C(C)(C)O. The van der Waals surface area contributed by atoms with Gasteiger partial charge in [0.1, 0.15) is 5.52 Å². The lowest BCUT2D eigenvalue weighted by atomic mass is 10.0. The Labute approximate surface area is 135 Å². The van der Waals surface area contributed by atoms with Gasteiger partial charge < -0.3 is 15.4 Å². The third-order valence-electron chi connectivity index (χ3n) is 4.40. The van der Waals surface area contributed by atoms with Gasteiger partial charge in [-0.1, -0.05) is 6.08 Å².